The molecule has 0 amide bonds. The number of carbonyl (C=O) groups excluding carboxylic acids is 1. The molecule has 2 aromatic carbocycles. The molecule has 0 spiro atoms. The molecule has 0 aliphatic carbocycles. The Balaban J connectivity index is 2.27. The van der Waals surface area contributed by atoms with E-state index in [0.29, 0.717) is 33.4 Å². The van der Waals surface area contributed by atoms with Crippen LogP contribution in [0.5, 0.6) is 11.5 Å². The SMILES string of the molecule is COc1cc(-c2cc(=NC(C(=O)[O-])C(C)C)c3ccccc3o2)ccc1O. The number of carbonyl (C=O) groups is 1. The first-order valence-corrected chi connectivity index (χ1v) is 8.55. The fraction of sp³-hybridized carbons (Fsp3) is 0.238. The van der Waals surface area contributed by atoms with Gasteiger partial charge in [-0.3, -0.25) is 4.99 Å². The Morgan fingerprint density at radius 1 is 1.19 bits per heavy atom. The van der Waals surface area contributed by atoms with Crippen molar-refractivity contribution < 1.29 is 24.2 Å². The lowest BCUT2D eigenvalue weighted by atomic mass is 10.1. The quantitative estimate of drug-likeness (QED) is 0.748. The maximum Gasteiger partial charge on any atom is 0.161 e. The van der Waals surface area contributed by atoms with Gasteiger partial charge in [0.2, 0.25) is 0 Å². The van der Waals surface area contributed by atoms with Crippen molar-refractivity contribution in [1.29, 1.82) is 0 Å². The third kappa shape index (κ3) is 3.79. The van der Waals surface area contributed by atoms with Gasteiger partial charge in [-0.25, -0.2) is 0 Å². The van der Waals surface area contributed by atoms with Gasteiger partial charge in [0, 0.05) is 17.0 Å². The van der Waals surface area contributed by atoms with Crippen LogP contribution in [-0.2, 0) is 4.79 Å². The summed E-state index contributed by atoms with van der Waals surface area (Å²) >= 11 is 0. The molecule has 0 saturated carbocycles. The van der Waals surface area contributed by atoms with Gasteiger partial charge in [-0.15, -0.1) is 0 Å². The maximum atomic E-state index is 11.5. The molecular weight excluding hydrogens is 346 g/mol. The molecule has 1 atom stereocenters. The van der Waals surface area contributed by atoms with E-state index in [0.717, 1.165) is 0 Å². The molecular formula is C21H20NO5-. The Morgan fingerprint density at radius 2 is 1.93 bits per heavy atom. The Morgan fingerprint density at radius 3 is 2.59 bits per heavy atom. The summed E-state index contributed by atoms with van der Waals surface area (Å²) in [4.78, 5) is 15.9. The van der Waals surface area contributed by atoms with E-state index in [-0.39, 0.29) is 11.7 Å². The van der Waals surface area contributed by atoms with Gasteiger partial charge in [0.05, 0.1) is 24.5 Å². The molecule has 0 bridgehead atoms. The van der Waals surface area contributed by atoms with Crippen molar-refractivity contribution in [3.8, 4) is 22.8 Å². The molecule has 0 aliphatic rings. The van der Waals surface area contributed by atoms with Crippen LogP contribution < -0.4 is 15.2 Å². The molecule has 0 fully saturated rings. The number of hydrogen-bond donors (Lipinski definition) is 1. The van der Waals surface area contributed by atoms with Crippen molar-refractivity contribution in [3.05, 3.63) is 53.9 Å². The van der Waals surface area contributed by atoms with Crippen molar-refractivity contribution in [2.24, 2.45) is 10.9 Å². The zero-order valence-electron chi connectivity index (χ0n) is 15.3. The highest BCUT2D eigenvalue weighted by atomic mass is 16.5. The third-order valence-corrected chi connectivity index (χ3v) is 4.27. The fourth-order valence-corrected chi connectivity index (χ4v) is 2.82. The monoisotopic (exact) mass is 366 g/mol. The van der Waals surface area contributed by atoms with Gasteiger partial charge in [0.25, 0.3) is 0 Å². The summed E-state index contributed by atoms with van der Waals surface area (Å²) in [5, 5.41) is 22.5. The molecule has 0 radical (unpaired) electrons. The lowest BCUT2D eigenvalue weighted by Crippen LogP contribution is -2.39. The average Bonchev–Trinajstić information content (AvgIpc) is 2.65. The number of aromatic hydroxyl groups is 1. The third-order valence-electron chi connectivity index (χ3n) is 4.27. The number of carboxylic acids is 1. The molecule has 27 heavy (non-hydrogen) atoms. The minimum Gasteiger partial charge on any atom is -0.548 e. The molecule has 6 heteroatoms. The van der Waals surface area contributed by atoms with Crippen molar-refractivity contribution in [1.82, 2.24) is 0 Å². The standard InChI is InChI=1S/C21H21NO5/c1-12(2)20(21(24)25)22-15-11-18(27-17-7-5-4-6-14(15)17)13-8-9-16(23)19(10-13)26-3/h4-12,20,23H,1-3H3,(H,24,25)/p-1. The lowest BCUT2D eigenvalue weighted by molar-refractivity contribution is -0.308. The number of para-hydroxylation sites is 1. The summed E-state index contributed by atoms with van der Waals surface area (Å²) in [6.07, 6.45) is 0. The fourth-order valence-electron chi connectivity index (χ4n) is 2.82. The van der Waals surface area contributed by atoms with Crippen LogP contribution in [0.3, 0.4) is 0 Å². The molecule has 1 aromatic heterocycles. The van der Waals surface area contributed by atoms with Crippen LogP contribution >= 0.6 is 0 Å². The summed E-state index contributed by atoms with van der Waals surface area (Å²) in [5.74, 6) is -0.634. The Bertz CT molecular complexity index is 1050. The molecule has 0 aliphatic heterocycles. The summed E-state index contributed by atoms with van der Waals surface area (Å²) in [6.45, 7) is 3.57. The largest absolute Gasteiger partial charge is 0.548 e. The smallest absolute Gasteiger partial charge is 0.161 e. The molecule has 6 nitrogen and oxygen atoms in total. The number of phenolic OH excluding ortho intramolecular Hbond substituents is 1. The second-order valence-corrected chi connectivity index (χ2v) is 6.52. The highest BCUT2D eigenvalue weighted by Gasteiger charge is 2.14. The van der Waals surface area contributed by atoms with Crippen molar-refractivity contribution in [2.45, 2.75) is 19.9 Å². The zero-order chi connectivity index (χ0) is 19.6. The first-order chi connectivity index (χ1) is 12.9. The van der Waals surface area contributed by atoms with Crippen LogP contribution in [0.4, 0.5) is 0 Å². The molecule has 0 saturated heterocycles. The molecule has 1 heterocycles. The maximum absolute atomic E-state index is 11.5. The van der Waals surface area contributed by atoms with Gasteiger partial charge in [0.15, 0.2) is 11.5 Å². The number of fused-ring (bicyclic) bond motifs is 1. The van der Waals surface area contributed by atoms with Gasteiger partial charge >= 0.3 is 0 Å². The highest BCUT2D eigenvalue weighted by molar-refractivity contribution is 5.79. The summed E-state index contributed by atoms with van der Waals surface area (Å²) < 4.78 is 11.1. The first-order valence-electron chi connectivity index (χ1n) is 8.55. The van der Waals surface area contributed by atoms with Gasteiger partial charge < -0.3 is 24.2 Å². The number of aliphatic carboxylic acids is 1. The Kier molecular flexibility index (Phi) is 5.16. The molecule has 3 rings (SSSR count). The van der Waals surface area contributed by atoms with Crippen LogP contribution in [0.25, 0.3) is 22.3 Å². The van der Waals surface area contributed by atoms with E-state index >= 15 is 0 Å². The second-order valence-electron chi connectivity index (χ2n) is 6.52. The predicted molar refractivity (Wildman–Crippen MR) is 99.1 cm³/mol. The van der Waals surface area contributed by atoms with Crippen LogP contribution in [0.1, 0.15) is 13.8 Å². The topological polar surface area (TPSA) is 95.1 Å². The molecule has 3 aromatic rings. The predicted octanol–water partition coefficient (Wildman–Crippen LogP) is 2.49. The van der Waals surface area contributed by atoms with E-state index in [4.69, 9.17) is 9.15 Å². The van der Waals surface area contributed by atoms with E-state index in [9.17, 15) is 15.0 Å². The zero-order valence-corrected chi connectivity index (χ0v) is 15.3. The van der Waals surface area contributed by atoms with Crippen LogP contribution in [0, 0.1) is 5.92 Å². The number of rotatable bonds is 5. The van der Waals surface area contributed by atoms with Crippen molar-refractivity contribution in [3.63, 3.8) is 0 Å². The number of hydrogen-bond acceptors (Lipinski definition) is 6. The number of carboxylic acid groups (broad SMARTS) is 1. The summed E-state index contributed by atoms with van der Waals surface area (Å²) in [5.41, 5.74) is 1.24. The Hall–Kier alpha value is -3.28. The van der Waals surface area contributed by atoms with Gasteiger partial charge in [-0.2, -0.15) is 0 Å². The normalized spacial score (nSPS) is 13.1. The van der Waals surface area contributed by atoms with E-state index in [2.05, 4.69) is 4.99 Å². The van der Waals surface area contributed by atoms with Crippen LogP contribution in [-0.4, -0.2) is 24.2 Å². The minimum atomic E-state index is -1.22. The summed E-state index contributed by atoms with van der Waals surface area (Å²) in [6, 6.07) is 12.8. The number of methoxy groups -OCH3 is 1. The van der Waals surface area contributed by atoms with Gasteiger partial charge in [-0.1, -0.05) is 26.0 Å². The summed E-state index contributed by atoms with van der Waals surface area (Å²) in [7, 11) is 1.46. The average molecular weight is 366 g/mol. The molecule has 1 N–H and O–H groups in total. The van der Waals surface area contributed by atoms with Crippen LogP contribution in [0.15, 0.2) is 57.9 Å². The number of nitrogens with zero attached hydrogens (tertiary/aromatic N) is 1. The van der Waals surface area contributed by atoms with Gasteiger partial charge in [-0.05, 0) is 36.2 Å². The second kappa shape index (κ2) is 7.53. The van der Waals surface area contributed by atoms with E-state index in [1.54, 1.807) is 38.1 Å². The Labute approximate surface area is 156 Å². The first kappa shape index (κ1) is 18.5. The number of ether oxygens (including phenoxy) is 1. The van der Waals surface area contributed by atoms with Gasteiger partial charge in [0.1, 0.15) is 11.3 Å². The highest BCUT2D eigenvalue weighted by Crippen LogP contribution is 2.32. The van der Waals surface area contributed by atoms with Crippen molar-refractivity contribution in [2.75, 3.05) is 7.11 Å². The molecule has 140 valence electrons. The number of phenols is 1. The van der Waals surface area contributed by atoms with Crippen LogP contribution in [0.2, 0.25) is 0 Å². The van der Waals surface area contributed by atoms with E-state index < -0.39 is 12.0 Å². The number of benzene rings is 2. The lowest BCUT2D eigenvalue weighted by Gasteiger charge is -2.17. The van der Waals surface area contributed by atoms with E-state index in [1.807, 2.05) is 18.2 Å². The molecule has 1 unspecified atom stereocenters. The minimum absolute atomic E-state index is 0.0174. The van der Waals surface area contributed by atoms with E-state index in [1.165, 1.54) is 13.2 Å². The van der Waals surface area contributed by atoms with Crippen molar-refractivity contribution >= 4 is 16.9 Å².